The Kier molecular flexibility index (Phi) is 3.95. The van der Waals surface area contributed by atoms with Crippen LogP contribution < -0.4 is 0 Å². The van der Waals surface area contributed by atoms with Crippen LogP contribution in [0.4, 0.5) is 0 Å². The summed E-state index contributed by atoms with van der Waals surface area (Å²) in [6, 6.07) is 5.60. The lowest BCUT2D eigenvalue weighted by atomic mass is 9.95. The van der Waals surface area contributed by atoms with Crippen molar-refractivity contribution in [1.29, 1.82) is 0 Å². The van der Waals surface area contributed by atoms with E-state index in [1.54, 1.807) is 6.20 Å². The van der Waals surface area contributed by atoms with Crippen molar-refractivity contribution in [2.75, 3.05) is 13.1 Å². The van der Waals surface area contributed by atoms with E-state index in [0.717, 1.165) is 54.2 Å². The van der Waals surface area contributed by atoms with Gasteiger partial charge in [0, 0.05) is 37.0 Å². The number of benzene rings is 1. The van der Waals surface area contributed by atoms with Crippen molar-refractivity contribution >= 4 is 16.9 Å². The number of aryl methyl sites for hydroxylation is 2. The topological polar surface area (TPSA) is 74.8 Å². The van der Waals surface area contributed by atoms with Gasteiger partial charge in [-0.25, -0.2) is 15.0 Å². The fourth-order valence-corrected chi connectivity index (χ4v) is 3.40. The summed E-state index contributed by atoms with van der Waals surface area (Å²) in [6.45, 7) is 5.39. The average molecular weight is 335 g/mol. The maximum absolute atomic E-state index is 12.8. The summed E-state index contributed by atoms with van der Waals surface area (Å²) in [4.78, 5) is 31.4. The molecule has 0 radical (unpaired) electrons. The van der Waals surface area contributed by atoms with E-state index in [-0.39, 0.29) is 5.91 Å². The predicted octanol–water partition coefficient (Wildman–Crippen LogP) is 2.99. The molecule has 0 saturated carbocycles. The number of aromatic amines is 1. The van der Waals surface area contributed by atoms with Crippen molar-refractivity contribution in [3.8, 4) is 0 Å². The minimum absolute atomic E-state index is 0.0693. The van der Waals surface area contributed by atoms with Crippen LogP contribution in [0, 0.1) is 13.8 Å². The van der Waals surface area contributed by atoms with E-state index in [2.05, 4.69) is 19.9 Å². The molecular weight excluding hydrogens is 314 g/mol. The van der Waals surface area contributed by atoms with Gasteiger partial charge in [0.15, 0.2) is 0 Å². The van der Waals surface area contributed by atoms with Crippen LogP contribution in [-0.2, 0) is 0 Å². The summed E-state index contributed by atoms with van der Waals surface area (Å²) >= 11 is 0. The zero-order valence-corrected chi connectivity index (χ0v) is 14.5. The Balaban J connectivity index is 1.51. The van der Waals surface area contributed by atoms with Gasteiger partial charge in [0.1, 0.15) is 5.82 Å². The number of nitrogens with zero attached hydrogens (tertiary/aromatic N) is 4. The minimum atomic E-state index is 0.0693. The molecule has 2 aromatic heterocycles. The Bertz CT molecular complexity index is 911. The lowest BCUT2D eigenvalue weighted by molar-refractivity contribution is 0.0711. The van der Waals surface area contributed by atoms with Gasteiger partial charge >= 0.3 is 0 Å². The van der Waals surface area contributed by atoms with Gasteiger partial charge in [-0.1, -0.05) is 0 Å². The Morgan fingerprint density at radius 1 is 1.12 bits per heavy atom. The maximum Gasteiger partial charge on any atom is 0.253 e. The van der Waals surface area contributed by atoms with Crippen LogP contribution in [0.5, 0.6) is 0 Å². The van der Waals surface area contributed by atoms with Crippen molar-refractivity contribution in [3.63, 3.8) is 0 Å². The number of H-pyrrole nitrogens is 1. The van der Waals surface area contributed by atoms with E-state index in [4.69, 9.17) is 0 Å². The lowest BCUT2D eigenvalue weighted by Gasteiger charge is -2.31. The molecular formula is C19H21N5O. The number of fused-ring (bicyclic) bond motifs is 1. The van der Waals surface area contributed by atoms with E-state index >= 15 is 0 Å². The monoisotopic (exact) mass is 335 g/mol. The molecule has 1 aliphatic rings. The van der Waals surface area contributed by atoms with Gasteiger partial charge in [-0.05, 0) is 44.9 Å². The zero-order valence-electron chi connectivity index (χ0n) is 14.5. The molecule has 1 amide bonds. The fourth-order valence-electron chi connectivity index (χ4n) is 3.40. The molecule has 1 saturated heterocycles. The van der Waals surface area contributed by atoms with Crippen LogP contribution in [0.1, 0.15) is 46.3 Å². The van der Waals surface area contributed by atoms with E-state index in [0.29, 0.717) is 11.5 Å². The van der Waals surface area contributed by atoms with Crippen molar-refractivity contribution in [3.05, 3.63) is 53.4 Å². The number of nitrogens with one attached hydrogen (secondary N) is 1. The number of rotatable bonds is 2. The van der Waals surface area contributed by atoms with Gasteiger partial charge in [0.2, 0.25) is 0 Å². The first kappa shape index (κ1) is 15.7. The Morgan fingerprint density at radius 2 is 1.84 bits per heavy atom. The molecule has 0 aliphatic carbocycles. The summed E-state index contributed by atoms with van der Waals surface area (Å²) in [5.41, 5.74) is 4.11. The third kappa shape index (κ3) is 2.99. The quantitative estimate of drug-likeness (QED) is 0.781. The molecule has 0 bridgehead atoms. The highest BCUT2D eigenvalue weighted by atomic mass is 16.2. The molecule has 4 rings (SSSR count). The van der Waals surface area contributed by atoms with Gasteiger partial charge in [-0.3, -0.25) is 4.79 Å². The number of piperidine rings is 1. The van der Waals surface area contributed by atoms with Gasteiger partial charge < -0.3 is 9.88 Å². The first-order valence-electron chi connectivity index (χ1n) is 8.65. The van der Waals surface area contributed by atoms with Gasteiger partial charge in [0.25, 0.3) is 5.91 Å². The molecule has 0 spiro atoms. The average Bonchev–Trinajstić information content (AvgIpc) is 3.16. The summed E-state index contributed by atoms with van der Waals surface area (Å²) < 4.78 is 0. The van der Waals surface area contributed by atoms with Crippen molar-refractivity contribution in [2.24, 2.45) is 0 Å². The molecule has 1 aromatic carbocycles. The molecule has 128 valence electrons. The van der Waals surface area contributed by atoms with Gasteiger partial charge in [0.05, 0.1) is 22.4 Å². The van der Waals surface area contributed by atoms with Gasteiger partial charge in [-0.2, -0.15) is 0 Å². The second-order valence-corrected chi connectivity index (χ2v) is 6.64. The second kappa shape index (κ2) is 6.27. The number of imidazole rings is 1. The van der Waals surface area contributed by atoms with Crippen molar-refractivity contribution < 1.29 is 4.79 Å². The van der Waals surface area contributed by atoms with Crippen LogP contribution >= 0.6 is 0 Å². The van der Waals surface area contributed by atoms with Crippen LogP contribution in [0.15, 0.2) is 30.6 Å². The number of hydrogen-bond acceptors (Lipinski definition) is 4. The number of likely N-dealkylation sites (tertiary alicyclic amines) is 1. The minimum Gasteiger partial charge on any atom is -0.348 e. The molecule has 1 fully saturated rings. The van der Waals surface area contributed by atoms with E-state index < -0.39 is 0 Å². The van der Waals surface area contributed by atoms with Crippen LogP contribution in [-0.4, -0.2) is 43.8 Å². The number of carbonyl (C=O) groups is 1. The standard InChI is InChI=1S/C19H21N5O/c1-12-13(2)23-17-11-15(3-4-16(17)22-12)19(25)24-9-5-14(6-10-24)18-20-7-8-21-18/h3-4,7-8,11,14H,5-6,9-10H2,1-2H3,(H,20,21). The normalized spacial score (nSPS) is 15.7. The molecule has 1 N–H and O–H groups in total. The Hall–Kier alpha value is -2.76. The van der Waals surface area contributed by atoms with E-state index in [1.165, 1.54) is 0 Å². The first-order valence-corrected chi connectivity index (χ1v) is 8.65. The van der Waals surface area contributed by atoms with Crippen molar-refractivity contribution in [1.82, 2.24) is 24.8 Å². The molecule has 6 nitrogen and oxygen atoms in total. The third-order valence-electron chi connectivity index (χ3n) is 5.01. The molecule has 0 atom stereocenters. The number of aromatic nitrogens is 4. The Morgan fingerprint density at radius 3 is 2.52 bits per heavy atom. The maximum atomic E-state index is 12.8. The van der Waals surface area contributed by atoms with Crippen LogP contribution in [0.3, 0.4) is 0 Å². The molecule has 0 unspecified atom stereocenters. The van der Waals surface area contributed by atoms with Crippen molar-refractivity contribution in [2.45, 2.75) is 32.6 Å². The third-order valence-corrected chi connectivity index (χ3v) is 5.01. The SMILES string of the molecule is Cc1nc2ccc(C(=O)N3CCC(c4ncc[nH]4)CC3)cc2nc1C. The van der Waals surface area contributed by atoms with Gasteiger partial charge in [-0.15, -0.1) is 0 Å². The molecule has 3 heterocycles. The molecule has 25 heavy (non-hydrogen) atoms. The van der Waals surface area contributed by atoms with E-state index in [9.17, 15) is 4.79 Å². The molecule has 3 aromatic rings. The zero-order chi connectivity index (χ0) is 17.4. The highest BCUT2D eigenvalue weighted by Crippen LogP contribution is 2.26. The Labute approximate surface area is 146 Å². The predicted molar refractivity (Wildman–Crippen MR) is 95.5 cm³/mol. The summed E-state index contributed by atoms with van der Waals surface area (Å²) in [5, 5.41) is 0. The smallest absolute Gasteiger partial charge is 0.253 e. The van der Waals surface area contributed by atoms with Crippen LogP contribution in [0.25, 0.3) is 11.0 Å². The fraction of sp³-hybridized carbons (Fsp3) is 0.368. The molecule has 1 aliphatic heterocycles. The summed E-state index contributed by atoms with van der Waals surface area (Å²) in [6.07, 6.45) is 5.51. The van der Waals surface area contributed by atoms with E-state index in [1.807, 2.05) is 43.1 Å². The number of amides is 1. The van der Waals surface area contributed by atoms with Crippen LogP contribution in [0.2, 0.25) is 0 Å². The second-order valence-electron chi connectivity index (χ2n) is 6.64. The molecule has 6 heteroatoms. The number of hydrogen-bond donors (Lipinski definition) is 1. The lowest BCUT2D eigenvalue weighted by Crippen LogP contribution is -2.38. The summed E-state index contributed by atoms with van der Waals surface area (Å²) in [7, 11) is 0. The largest absolute Gasteiger partial charge is 0.348 e. The highest BCUT2D eigenvalue weighted by Gasteiger charge is 2.26. The number of carbonyl (C=O) groups excluding carboxylic acids is 1. The first-order chi connectivity index (χ1) is 12.1. The highest BCUT2D eigenvalue weighted by molar-refractivity contribution is 5.97. The summed E-state index contributed by atoms with van der Waals surface area (Å²) in [5.74, 6) is 1.51.